The van der Waals surface area contributed by atoms with E-state index in [9.17, 15) is 0 Å². The van der Waals surface area contributed by atoms with Crippen molar-refractivity contribution in [2.45, 2.75) is 26.8 Å². The van der Waals surface area contributed by atoms with E-state index in [1.54, 1.807) is 14.2 Å². The Labute approximate surface area is 119 Å². The Morgan fingerprint density at radius 1 is 1.25 bits per heavy atom. The molecule has 0 radical (unpaired) electrons. The van der Waals surface area contributed by atoms with E-state index in [1.165, 1.54) is 0 Å². The number of aryl methyl sites for hydroxylation is 1. The lowest BCUT2D eigenvalue weighted by atomic mass is 10.1. The molecule has 2 aromatic rings. The minimum absolute atomic E-state index is 0.655. The Hall–Kier alpha value is -2.17. The van der Waals surface area contributed by atoms with Crippen molar-refractivity contribution >= 4 is 5.82 Å². The molecule has 0 amide bonds. The summed E-state index contributed by atoms with van der Waals surface area (Å²) in [7, 11) is 3.24. The molecule has 20 heavy (non-hydrogen) atoms. The highest BCUT2D eigenvalue weighted by atomic mass is 16.5. The third kappa shape index (κ3) is 2.31. The summed E-state index contributed by atoms with van der Waals surface area (Å²) in [6, 6.07) is 5.70. The first-order valence-electron chi connectivity index (χ1n) is 6.68. The normalized spacial score (nSPS) is 10.6. The highest BCUT2D eigenvalue weighted by molar-refractivity contribution is 5.78. The lowest BCUT2D eigenvalue weighted by molar-refractivity contribution is 0.356. The smallest absolute Gasteiger partial charge is 0.170 e. The van der Waals surface area contributed by atoms with E-state index in [2.05, 4.69) is 11.9 Å². The molecule has 5 heteroatoms. The third-order valence-electron chi connectivity index (χ3n) is 3.30. The van der Waals surface area contributed by atoms with E-state index in [1.807, 2.05) is 29.7 Å². The molecule has 0 atom stereocenters. The predicted octanol–water partition coefficient (Wildman–Crippen LogP) is 2.87. The van der Waals surface area contributed by atoms with E-state index in [0.29, 0.717) is 17.3 Å². The van der Waals surface area contributed by atoms with Gasteiger partial charge in [0.1, 0.15) is 17.3 Å². The summed E-state index contributed by atoms with van der Waals surface area (Å²) >= 11 is 0. The molecule has 108 valence electrons. The Kier molecular flexibility index (Phi) is 4.17. The molecule has 5 nitrogen and oxygen atoms in total. The number of imidazole rings is 1. The lowest BCUT2D eigenvalue weighted by Crippen LogP contribution is -2.04. The second-order valence-electron chi connectivity index (χ2n) is 4.59. The highest BCUT2D eigenvalue weighted by Crippen LogP contribution is 2.39. The molecule has 2 rings (SSSR count). The summed E-state index contributed by atoms with van der Waals surface area (Å²) in [4.78, 5) is 4.59. The van der Waals surface area contributed by atoms with Gasteiger partial charge in [0.05, 0.1) is 14.2 Å². The van der Waals surface area contributed by atoms with Crippen molar-refractivity contribution < 1.29 is 9.47 Å². The standard InChI is InChI=1S/C15H21N3O2/c1-5-9-18-10(2)17-13(15(18)16)11-7-6-8-12(19-3)14(11)20-4/h6-8H,5,9,16H2,1-4H3. The molecule has 0 saturated carbocycles. The van der Waals surface area contributed by atoms with Crippen LogP contribution in [0.25, 0.3) is 11.3 Å². The van der Waals surface area contributed by atoms with Gasteiger partial charge in [0.2, 0.25) is 0 Å². The largest absolute Gasteiger partial charge is 0.493 e. The Balaban J connectivity index is 2.60. The van der Waals surface area contributed by atoms with Gasteiger partial charge in [-0.3, -0.25) is 0 Å². The third-order valence-corrected chi connectivity index (χ3v) is 3.30. The minimum atomic E-state index is 0.655. The topological polar surface area (TPSA) is 62.3 Å². The van der Waals surface area contributed by atoms with Gasteiger partial charge in [-0.25, -0.2) is 4.98 Å². The van der Waals surface area contributed by atoms with Crippen molar-refractivity contribution in [3.05, 3.63) is 24.0 Å². The molecule has 0 aliphatic carbocycles. The van der Waals surface area contributed by atoms with Crippen molar-refractivity contribution in [1.29, 1.82) is 0 Å². The highest BCUT2D eigenvalue weighted by Gasteiger charge is 2.19. The van der Waals surface area contributed by atoms with E-state index in [-0.39, 0.29) is 0 Å². The molecular formula is C15H21N3O2. The van der Waals surface area contributed by atoms with Crippen LogP contribution in [0.1, 0.15) is 19.2 Å². The van der Waals surface area contributed by atoms with Crippen LogP contribution < -0.4 is 15.2 Å². The monoisotopic (exact) mass is 275 g/mol. The van der Waals surface area contributed by atoms with E-state index in [4.69, 9.17) is 15.2 Å². The first kappa shape index (κ1) is 14.2. The number of hydrogen-bond donors (Lipinski definition) is 1. The van der Waals surface area contributed by atoms with Crippen LogP contribution in [0, 0.1) is 6.92 Å². The maximum absolute atomic E-state index is 6.24. The predicted molar refractivity (Wildman–Crippen MR) is 80.2 cm³/mol. The van der Waals surface area contributed by atoms with Crippen LogP contribution in [-0.2, 0) is 6.54 Å². The molecule has 0 saturated heterocycles. The fourth-order valence-corrected chi connectivity index (χ4v) is 2.36. The molecular weight excluding hydrogens is 254 g/mol. The van der Waals surface area contributed by atoms with Crippen molar-refractivity contribution in [1.82, 2.24) is 9.55 Å². The van der Waals surface area contributed by atoms with Crippen LogP contribution in [-0.4, -0.2) is 23.8 Å². The Morgan fingerprint density at radius 2 is 2.00 bits per heavy atom. The number of benzene rings is 1. The van der Waals surface area contributed by atoms with Crippen LogP contribution in [0.4, 0.5) is 5.82 Å². The van der Waals surface area contributed by atoms with Crippen LogP contribution in [0.15, 0.2) is 18.2 Å². The second-order valence-corrected chi connectivity index (χ2v) is 4.59. The maximum Gasteiger partial charge on any atom is 0.170 e. The maximum atomic E-state index is 6.24. The van der Waals surface area contributed by atoms with E-state index < -0.39 is 0 Å². The molecule has 1 aromatic carbocycles. The number of anilines is 1. The molecule has 0 unspecified atom stereocenters. The number of para-hydroxylation sites is 1. The summed E-state index contributed by atoms with van der Waals surface area (Å²) < 4.78 is 12.8. The first-order valence-corrected chi connectivity index (χ1v) is 6.68. The number of ether oxygens (including phenoxy) is 2. The molecule has 1 heterocycles. The SMILES string of the molecule is CCCn1c(C)nc(-c2cccc(OC)c2OC)c1N. The number of aromatic nitrogens is 2. The van der Waals surface area contributed by atoms with E-state index in [0.717, 1.165) is 30.0 Å². The quantitative estimate of drug-likeness (QED) is 0.911. The van der Waals surface area contributed by atoms with Crippen molar-refractivity contribution in [3.63, 3.8) is 0 Å². The lowest BCUT2D eigenvalue weighted by Gasteiger charge is -2.12. The fraction of sp³-hybridized carbons (Fsp3) is 0.400. The summed E-state index contributed by atoms with van der Waals surface area (Å²) in [6.07, 6.45) is 1.01. The van der Waals surface area contributed by atoms with Crippen LogP contribution in [0.3, 0.4) is 0 Å². The van der Waals surface area contributed by atoms with Crippen LogP contribution in [0.2, 0.25) is 0 Å². The van der Waals surface area contributed by atoms with Crippen molar-refractivity contribution in [2.75, 3.05) is 20.0 Å². The minimum Gasteiger partial charge on any atom is -0.493 e. The van der Waals surface area contributed by atoms with Crippen LogP contribution >= 0.6 is 0 Å². The van der Waals surface area contributed by atoms with Gasteiger partial charge in [-0.1, -0.05) is 13.0 Å². The number of nitrogens with zero attached hydrogens (tertiary/aromatic N) is 2. The molecule has 0 fully saturated rings. The second kappa shape index (κ2) is 5.86. The summed E-state index contributed by atoms with van der Waals surface area (Å²) in [5.74, 6) is 2.90. The Bertz CT molecular complexity index is 605. The zero-order chi connectivity index (χ0) is 14.7. The zero-order valence-corrected chi connectivity index (χ0v) is 12.4. The van der Waals surface area contributed by atoms with Crippen molar-refractivity contribution in [3.8, 4) is 22.8 Å². The summed E-state index contributed by atoms with van der Waals surface area (Å²) in [6.45, 7) is 4.93. The summed E-state index contributed by atoms with van der Waals surface area (Å²) in [5.41, 5.74) is 7.83. The average Bonchev–Trinajstić information content (AvgIpc) is 2.74. The number of hydrogen-bond acceptors (Lipinski definition) is 4. The molecule has 0 aliphatic heterocycles. The molecule has 0 bridgehead atoms. The number of nitrogens with two attached hydrogens (primary N) is 1. The molecule has 0 spiro atoms. The van der Waals surface area contributed by atoms with Gasteiger partial charge in [0.25, 0.3) is 0 Å². The van der Waals surface area contributed by atoms with Gasteiger partial charge in [-0.15, -0.1) is 0 Å². The van der Waals surface area contributed by atoms with Crippen LogP contribution in [0.5, 0.6) is 11.5 Å². The summed E-state index contributed by atoms with van der Waals surface area (Å²) in [5, 5.41) is 0. The number of nitrogen functional groups attached to an aromatic ring is 1. The van der Waals surface area contributed by atoms with Gasteiger partial charge < -0.3 is 19.8 Å². The molecule has 2 N–H and O–H groups in total. The molecule has 0 aliphatic rings. The Morgan fingerprint density at radius 3 is 2.60 bits per heavy atom. The average molecular weight is 275 g/mol. The van der Waals surface area contributed by atoms with Gasteiger partial charge in [-0.05, 0) is 25.5 Å². The van der Waals surface area contributed by atoms with Gasteiger partial charge in [0, 0.05) is 12.1 Å². The number of rotatable bonds is 5. The van der Waals surface area contributed by atoms with Gasteiger partial charge >= 0.3 is 0 Å². The zero-order valence-electron chi connectivity index (χ0n) is 12.4. The van der Waals surface area contributed by atoms with Crippen molar-refractivity contribution in [2.24, 2.45) is 0 Å². The van der Waals surface area contributed by atoms with Gasteiger partial charge in [0.15, 0.2) is 11.5 Å². The van der Waals surface area contributed by atoms with Gasteiger partial charge in [-0.2, -0.15) is 0 Å². The van der Waals surface area contributed by atoms with E-state index >= 15 is 0 Å². The number of methoxy groups -OCH3 is 2. The molecule has 1 aromatic heterocycles. The fourth-order valence-electron chi connectivity index (χ4n) is 2.36. The first-order chi connectivity index (χ1) is 9.63.